The molecule has 1 amide bonds. The van der Waals surface area contributed by atoms with E-state index in [1.807, 2.05) is 53.9 Å². The van der Waals surface area contributed by atoms with Crippen molar-refractivity contribution in [3.63, 3.8) is 0 Å². The van der Waals surface area contributed by atoms with Crippen LogP contribution in [0.2, 0.25) is 5.02 Å². The molecule has 0 bridgehead atoms. The highest BCUT2D eigenvalue weighted by Crippen LogP contribution is 2.34. The number of aromatic nitrogens is 1. The number of hydrogen-bond donors (Lipinski definition) is 1. The van der Waals surface area contributed by atoms with Gasteiger partial charge in [-0.2, -0.15) is 0 Å². The highest BCUT2D eigenvalue weighted by molar-refractivity contribution is 7.13. The number of benzene rings is 2. The Morgan fingerprint density at radius 1 is 1.17 bits per heavy atom. The van der Waals surface area contributed by atoms with E-state index in [-0.39, 0.29) is 11.8 Å². The van der Waals surface area contributed by atoms with Gasteiger partial charge in [-0.3, -0.25) is 4.79 Å². The number of amides is 1. The van der Waals surface area contributed by atoms with Crippen molar-refractivity contribution < 1.29 is 4.79 Å². The summed E-state index contributed by atoms with van der Waals surface area (Å²) in [4.78, 5) is 16.6. The quantitative estimate of drug-likeness (QED) is 0.674. The Kier molecular flexibility index (Phi) is 4.08. The molecule has 0 unspecified atom stereocenters. The Bertz CT molecular complexity index is 902. The summed E-state index contributed by atoms with van der Waals surface area (Å²) in [5.41, 5.74) is 3.61. The van der Waals surface area contributed by atoms with Gasteiger partial charge < -0.3 is 5.32 Å². The summed E-state index contributed by atoms with van der Waals surface area (Å²) in [6.07, 6.45) is 2.00. The molecule has 3 nitrogen and oxygen atoms in total. The van der Waals surface area contributed by atoms with Crippen molar-refractivity contribution in [2.45, 2.75) is 12.8 Å². The van der Waals surface area contributed by atoms with Crippen molar-refractivity contribution in [3.05, 3.63) is 58.9 Å². The van der Waals surface area contributed by atoms with E-state index < -0.39 is 0 Å². The van der Waals surface area contributed by atoms with Gasteiger partial charge in [-0.05, 0) is 31.0 Å². The fourth-order valence-corrected chi connectivity index (χ4v) is 3.57. The molecule has 0 saturated heterocycles. The highest BCUT2D eigenvalue weighted by Gasteiger charge is 2.29. The molecular weight excluding hydrogens is 340 g/mol. The molecule has 1 aliphatic carbocycles. The van der Waals surface area contributed by atoms with Crippen molar-refractivity contribution in [2.75, 3.05) is 5.32 Å². The van der Waals surface area contributed by atoms with Crippen LogP contribution in [-0.2, 0) is 4.79 Å². The Morgan fingerprint density at radius 2 is 2.00 bits per heavy atom. The molecule has 1 heterocycles. The normalized spacial score (nSPS) is 13.7. The first kappa shape index (κ1) is 15.4. The summed E-state index contributed by atoms with van der Waals surface area (Å²) in [6, 6.07) is 15.5. The Hall–Kier alpha value is -2.17. The fraction of sp³-hybridized carbons (Fsp3) is 0.158. The van der Waals surface area contributed by atoms with Crippen LogP contribution in [0.25, 0.3) is 21.8 Å². The van der Waals surface area contributed by atoms with Crippen LogP contribution in [0.5, 0.6) is 0 Å². The van der Waals surface area contributed by atoms with Gasteiger partial charge in [-0.25, -0.2) is 4.98 Å². The van der Waals surface area contributed by atoms with E-state index in [1.165, 1.54) is 0 Å². The number of nitrogens with one attached hydrogen (secondary N) is 1. The van der Waals surface area contributed by atoms with E-state index in [4.69, 9.17) is 16.6 Å². The summed E-state index contributed by atoms with van der Waals surface area (Å²) >= 11 is 7.82. The van der Waals surface area contributed by atoms with Gasteiger partial charge in [0.15, 0.2) is 0 Å². The Balaban J connectivity index is 1.60. The van der Waals surface area contributed by atoms with Crippen LogP contribution in [0.4, 0.5) is 5.69 Å². The number of nitrogens with zero attached hydrogens (tertiary/aromatic N) is 1. The molecule has 1 aliphatic rings. The first-order valence-electron chi connectivity index (χ1n) is 7.82. The summed E-state index contributed by atoms with van der Waals surface area (Å²) in [6.45, 7) is 0. The van der Waals surface area contributed by atoms with Gasteiger partial charge in [0.25, 0.3) is 0 Å². The minimum atomic E-state index is 0.114. The lowest BCUT2D eigenvalue weighted by Crippen LogP contribution is -2.13. The molecule has 5 heteroatoms. The van der Waals surface area contributed by atoms with Crippen LogP contribution in [-0.4, -0.2) is 10.9 Å². The van der Waals surface area contributed by atoms with Gasteiger partial charge in [-0.1, -0.05) is 41.9 Å². The molecule has 2 aromatic carbocycles. The summed E-state index contributed by atoms with van der Waals surface area (Å²) in [5, 5.41) is 6.59. The molecule has 3 aromatic rings. The van der Waals surface area contributed by atoms with E-state index in [9.17, 15) is 4.79 Å². The largest absolute Gasteiger partial charge is 0.326 e. The fourth-order valence-electron chi connectivity index (χ4n) is 2.52. The van der Waals surface area contributed by atoms with Gasteiger partial charge in [0, 0.05) is 33.1 Å². The SMILES string of the molecule is O=C(Nc1cccc(-c2nc(-c3ccccc3Cl)cs2)c1)C1CC1. The maximum absolute atomic E-state index is 11.9. The highest BCUT2D eigenvalue weighted by atomic mass is 35.5. The number of rotatable bonds is 4. The van der Waals surface area contributed by atoms with Crippen molar-refractivity contribution in [3.8, 4) is 21.8 Å². The summed E-state index contributed by atoms with van der Waals surface area (Å²) < 4.78 is 0. The molecule has 0 atom stereocenters. The topological polar surface area (TPSA) is 42.0 Å². The van der Waals surface area contributed by atoms with Crippen LogP contribution in [0.3, 0.4) is 0 Å². The van der Waals surface area contributed by atoms with Gasteiger partial charge in [0.1, 0.15) is 5.01 Å². The number of carbonyl (C=O) groups excluding carboxylic acids is 1. The third-order valence-corrected chi connectivity index (χ3v) is 5.20. The number of hydrogen-bond acceptors (Lipinski definition) is 3. The monoisotopic (exact) mass is 354 g/mol. The van der Waals surface area contributed by atoms with Crippen LogP contribution in [0.15, 0.2) is 53.9 Å². The second kappa shape index (κ2) is 6.38. The Morgan fingerprint density at radius 3 is 2.79 bits per heavy atom. The summed E-state index contributed by atoms with van der Waals surface area (Å²) in [7, 11) is 0. The third kappa shape index (κ3) is 3.21. The predicted molar refractivity (Wildman–Crippen MR) is 99.3 cm³/mol. The van der Waals surface area contributed by atoms with E-state index in [2.05, 4.69) is 5.32 Å². The van der Waals surface area contributed by atoms with Crippen LogP contribution in [0, 0.1) is 5.92 Å². The maximum atomic E-state index is 11.9. The van der Waals surface area contributed by atoms with Gasteiger partial charge in [0.2, 0.25) is 5.91 Å². The van der Waals surface area contributed by atoms with Crippen LogP contribution < -0.4 is 5.32 Å². The molecule has 0 radical (unpaired) electrons. The van der Waals surface area contributed by atoms with E-state index in [0.29, 0.717) is 5.02 Å². The van der Waals surface area contributed by atoms with Crippen molar-refractivity contribution in [2.24, 2.45) is 5.92 Å². The van der Waals surface area contributed by atoms with Crippen LogP contribution in [0.1, 0.15) is 12.8 Å². The number of halogens is 1. The number of thiazole rings is 1. The van der Waals surface area contributed by atoms with E-state index >= 15 is 0 Å². The zero-order chi connectivity index (χ0) is 16.5. The molecule has 0 spiro atoms. The van der Waals surface area contributed by atoms with Crippen LogP contribution >= 0.6 is 22.9 Å². The zero-order valence-corrected chi connectivity index (χ0v) is 14.4. The average molecular weight is 355 g/mol. The molecule has 120 valence electrons. The molecule has 1 N–H and O–H groups in total. The molecule has 0 aliphatic heterocycles. The van der Waals surface area contributed by atoms with Gasteiger partial charge in [-0.15, -0.1) is 11.3 Å². The van der Waals surface area contributed by atoms with E-state index in [0.717, 1.165) is 40.4 Å². The number of anilines is 1. The average Bonchev–Trinajstić information content (AvgIpc) is 3.33. The summed E-state index contributed by atoms with van der Waals surface area (Å²) in [5.74, 6) is 0.309. The van der Waals surface area contributed by atoms with Gasteiger partial charge in [0.05, 0.1) is 5.69 Å². The van der Waals surface area contributed by atoms with Gasteiger partial charge >= 0.3 is 0 Å². The molecule has 4 rings (SSSR count). The molecular formula is C19H15ClN2OS. The first-order valence-corrected chi connectivity index (χ1v) is 9.08. The molecule has 24 heavy (non-hydrogen) atoms. The maximum Gasteiger partial charge on any atom is 0.227 e. The lowest BCUT2D eigenvalue weighted by molar-refractivity contribution is -0.117. The Labute approximate surface area is 149 Å². The smallest absolute Gasteiger partial charge is 0.227 e. The first-order chi connectivity index (χ1) is 11.7. The minimum Gasteiger partial charge on any atom is -0.326 e. The molecule has 1 fully saturated rings. The standard InChI is InChI=1S/C19H15ClN2OS/c20-16-7-2-1-6-15(16)17-11-24-19(22-17)13-4-3-5-14(10-13)21-18(23)12-8-9-12/h1-7,10-12H,8-9H2,(H,21,23). The second-order valence-corrected chi connectivity index (χ2v) is 7.13. The van der Waals surface area contributed by atoms with E-state index in [1.54, 1.807) is 11.3 Å². The van der Waals surface area contributed by atoms with Crippen molar-refractivity contribution in [1.29, 1.82) is 0 Å². The minimum absolute atomic E-state index is 0.114. The lowest BCUT2D eigenvalue weighted by Gasteiger charge is -2.05. The molecule has 1 aromatic heterocycles. The second-order valence-electron chi connectivity index (χ2n) is 5.86. The van der Waals surface area contributed by atoms with Crippen molar-refractivity contribution in [1.82, 2.24) is 4.98 Å². The predicted octanol–water partition coefficient (Wildman–Crippen LogP) is 5.48. The third-order valence-electron chi connectivity index (χ3n) is 3.98. The van der Waals surface area contributed by atoms with Crippen molar-refractivity contribution >= 4 is 34.5 Å². The molecule has 1 saturated carbocycles. The number of carbonyl (C=O) groups is 1. The lowest BCUT2D eigenvalue weighted by atomic mass is 10.1. The zero-order valence-electron chi connectivity index (χ0n) is 12.8.